The maximum Gasteiger partial charge on any atom is 0.240 e. The molecule has 14 heavy (non-hydrogen) atoms. The van der Waals surface area contributed by atoms with Gasteiger partial charge in [0, 0.05) is 6.54 Å². The molecule has 0 bridgehead atoms. The van der Waals surface area contributed by atoms with E-state index in [0.717, 1.165) is 0 Å². The molecule has 1 amide bonds. The fourth-order valence-electron chi connectivity index (χ4n) is 2.06. The monoisotopic (exact) mass is 200 g/mol. The van der Waals surface area contributed by atoms with Crippen LogP contribution in [0.15, 0.2) is 0 Å². The fraction of sp³-hybridized carbons (Fsp3) is 0.889. The van der Waals surface area contributed by atoms with Crippen LogP contribution in [0.2, 0.25) is 0 Å². The summed E-state index contributed by atoms with van der Waals surface area (Å²) in [5.41, 5.74) is -0.715. The molecule has 2 atom stereocenters. The van der Waals surface area contributed by atoms with Crippen LogP contribution in [-0.4, -0.2) is 58.4 Å². The number of hydrogen-bond donors (Lipinski definition) is 3. The van der Waals surface area contributed by atoms with E-state index in [1.807, 2.05) is 0 Å². The summed E-state index contributed by atoms with van der Waals surface area (Å²) in [6.07, 6.45) is 0.0723. The van der Waals surface area contributed by atoms with E-state index < -0.39 is 11.7 Å². The van der Waals surface area contributed by atoms with Crippen molar-refractivity contribution in [3.8, 4) is 0 Å². The molecule has 0 aliphatic carbocycles. The van der Waals surface area contributed by atoms with Gasteiger partial charge in [-0.2, -0.15) is 0 Å². The smallest absolute Gasteiger partial charge is 0.240 e. The quantitative estimate of drug-likeness (QED) is 0.472. The zero-order valence-electron chi connectivity index (χ0n) is 8.23. The second-order valence-corrected chi connectivity index (χ2v) is 4.54. The molecule has 2 heterocycles. The minimum atomic E-state index is -0.715. The Morgan fingerprint density at radius 1 is 1.57 bits per heavy atom. The Morgan fingerprint density at radius 3 is 2.64 bits per heavy atom. The first-order valence-electron chi connectivity index (χ1n) is 4.90. The summed E-state index contributed by atoms with van der Waals surface area (Å²) >= 11 is 0. The van der Waals surface area contributed by atoms with Crippen molar-refractivity contribution in [3.05, 3.63) is 0 Å². The molecule has 2 aliphatic heterocycles. The van der Waals surface area contributed by atoms with E-state index in [1.54, 1.807) is 11.8 Å². The van der Waals surface area contributed by atoms with Gasteiger partial charge < -0.3 is 20.4 Å². The van der Waals surface area contributed by atoms with Gasteiger partial charge >= 0.3 is 0 Å². The van der Waals surface area contributed by atoms with E-state index in [2.05, 4.69) is 5.32 Å². The van der Waals surface area contributed by atoms with Gasteiger partial charge in [-0.05, 0) is 13.3 Å². The van der Waals surface area contributed by atoms with E-state index in [4.69, 9.17) is 0 Å². The zero-order chi connectivity index (χ0) is 10.3. The number of aliphatic hydroxyl groups is 2. The van der Waals surface area contributed by atoms with Crippen LogP contribution >= 0.6 is 0 Å². The Labute approximate surface area is 82.7 Å². The van der Waals surface area contributed by atoms with Gasteiger partial charge in [-0.25, -0.2) is 0 Å². The van der Waals surface area contributed by atoms with Crippen molar-refractivity contribution in [2.75, 3.05) is 19.6 Å². The summed E-state index contributed by atoms with van der Waals surface area (Å²) < 4.78 is 0. The zero-order valence-corrected chi connectivity index (χ0v) is 8.23. The molecule has 3 N–H and O–H groups in total. The third-order valence-electron chi connectivity index (χ3n) is 2.78. The first-order valence-corrected chi connectivity index (χ1v) is 4.90. The number of nitrogens with one attached hydrogen (secondary N) is 1. The number of nitrogens with zero attached hydrogens (tertiary/aromatic N) is 1. The molecule has 0 saturated carbocycles. The van der Waals surface area contributed by atoms with Gasteiger partial charge in [-0.15, -0.1) is 0 Å². The van der Waals surface area contributed by atoms with Gasteiger partial charge in [-0.1, -0.05) is 0 Å². The van der Waals surface area contributed by atoms with Crippen molar-refractivity contribution in [1.82, 2.24) is 10.2 Å². The number of β-amino-alcohol motifs (C(OH)–C–C–N with tert-alkyl or cyclic N) is 2. The molecule has 0 radical (unpaired) electrons. The lowest BCUT2D eigenvalue weighted by Crippen LogP contribution is -2.64. The standard InChI is InChI=1S/C9H16N2O3/c1-9(14)4-11(5-9)8(13)7-2-6(12)3-10-7/h6-7,10,12,14H,2-5H2,1H3. The van der Waals surface area contributed by atoms with Crippen LogP contribution in [0.3, 0.4) is 0 Å². The van der Waals surface area contributed by atoms with Crippen molar-refractivity contribution in [3.63, 3.8) is 0 Å². The molecule has 5 nitrogen and oxygen atoms in total. The van der Waals surface area contributed by atoms with Crippen molar-refractivity contribution in [1.29, 1.82) is 0 Å². The van der Waals surface area contributed by atoms with Gasteiger partial charge in [-0.3, -0.25) is 4.79 Å². The maximum atomic E-state index is 11.7. The highest BCUT2D eigenvalue weighted by atomic mass is 16.3. The number of carbonyl (C=O) groups is 1. The number of aliphatic hydroxyl groups excluding tert-OH is 1. The minimum Gasteiger partial charge on any atom is -0.392 e. The molecule has 0 aromatic heterocycles. The van der Waals surface area contributed by atoms with Crippen LogP contribution in [0.25, 0.3) is 0 Å². The van der Waals surface area contributed by atoms with Crippen LogP contribution in [0.1, 0.15) is 13.3 Å². The van der Waals surface area contributed by atoms with Crippen molar-refractivity contribution >= 4 is 5.91 Å². The number of carbonyl (C=O) groups excluding carboxylic acids is 1. The molecule has 2 saturated heterocycles. The summed E-state index contributed by atoms with van der Waals surface area (Å²) in [6.45, 7) is 3.01. The Kier molecular flexibility index (Phi) is 2.25. The Hall–Kier alpha value is -0.650. The molecular formula is C9H16N2O3. The number of amides is 1. The van der Waals surface area contributed by atoms with Gasteiger partial charge in [0.2, 0.25) is 5.91 Å². The highest BCUT2D eigenvalue weighted by Crippen LogP contribution is 2.22. The van der Waals surface area contributed by atoms with Crippen molar-refractivity contribution in [2.24, 2.45) is 0 Å². The molecule has 2 fully saturated rings. The van der Waals surface area contributed by atoms with Gasteiger partial charge in [0.1, 0.15) is 0 Å². The fourth-order valence-corrected chi connectivity index (χ4v) is 2.06. The average Bonchev–Trinajstić information content (AvgIpc) is 2.46. The molecular weight excluding hydrogens is 184 g/mol. The summed E-state index contributed by atoms with van der Waals surface area (Å²) in [4.78, 5) is 13.3. The lowest BCUT2D eigenvalue weighted by atomic mass is 9.95. The second kappa shape index (κ2) is 3.18. The largest absolute Gasteiger partial charge is 0.392 e. The van der Waals surface area contributed by atoms with Gasteiger partial charge in [0.25, 0.3) is 0 Å². The number of likely N-dealkylation sites (tertiary alicyclic amines) is 1. The van der Waals surface area contributed by atoms with Crippen LogP contribution in [0, 0.1) is 0 Å². The summed E-state index contributed by atoms with van der Waals surface area (Å²) in [5, 5.41) is 21.7. The number of hydrogen-bond acceptors (Lipinski definition) is 4. The number of rotatable bonds is 1. The van der Waals surface area contributed by atoms with Crippen molar-refractivity contribution in [2.45, 2.75) is 31.1 Å². The van der Waals surface area contributed by atoms with E-state index in [1.165, 1.54) is 0 Å². The third-order valence-corrected chi connectivity index (χ3v) is 2.78. The van der Waals surface area contributed by atoms with Crippen molar-refractivity contribution < 1.29 is 15.0 Å². The topological polar surface area (TPSA) is 72.8 Å². The molecule has 2 rings (SSSR count). The van der Waals surface area contributed by atoms with E-state index in [-0.39, 0.29) is 11.9 Å². The van der Waals surface area contributed by atoms with Gasteiger partial charge in [0.05, 0.1) is 30.8 Å². The molecule has 80 valence electrons. The Morgan fingerprint density at radius 2 is 2.21 bits per heavy atom. The van der Waals surface area contributed by atoms with E-state index in [0.29, 0.717) is 26.1 Å². The molecule has 0 aromatic carbocycles. The molecule has 2 aliphatic rings. The average molecular weight is 200 g/mol. The lowest BCUT2D eigenvalue weighted by Gasteiger charge is -2.45. The Bertz CT molecular complexity index is 246. The Balaban J connectivity index is 1.85. The summed E-state index contributed by atoms with van der Waals surface area (Å²) in [5.74, 6) is -0.00641. The predicted octanol–water partition coefficient (Wildman–Crippen LogP) is -1.70. The second-order valence-electron chi connectivity index (χ2n) is 4.54. The highest BCUT2D eigenvalue weighted by Gasteiger charge is 2.42. The molecule has 0 spiro atoms. The van der Waals surface area contributed by atoms with Crippen LogP contribution in [0.5, 0.6) is 0 Å². The first-order chi connectivity index (χ1) is 6.48. The SMILES string of the molecule is CC1(O)CN(C(=O)C2CC(O)CN2)C1. The lowest BCUT2D eigenvalue weighted by molar-refractivity contribution is -0.154. The van der Waals surface area contributed by atoms with Gasteiger partial charge in [0.15, 0.2) is 0 Å². The van der Waals surface area contributed by atoms with Crippen LogP contribution in [-0.2, 0) is 4.79 Å². The van der Waals surface area contributed by atoms with E-state index >= 15 is 0 Å². The molecule has 0 aromatic rings. The normalized spacial score (nSPS) is 35.5. The van der Waals surface area contributed by atoms with Crippen LogP contribution < -0.4 is 5.32 Å². The predicted molar refractivity (Wildman–Crippen MR) is 49.6 cm³/mol. The third kappa shape index (κ3) is 1.75. The summed E-state index contributed by atoms with van der Waals surface area (Å²) in [7, 11) is 0. The van der Waals surface area contributed by atoms with E-state index in [9.17, 15) is 15.0 Å². The summed E-state index contributed by atoms with van der Waals surface area (Å²) in [6, 6.07) is -0.263. The van der Waals surface area contributed by atoms with Crippen LogP contribution in [0.4, 0.5) is 0 Å². The maximum absolute atomic E-state index is 11.7. The minimum absolute atomic E-state index is 0.00641. The molecule has 5 heteroatoms. The highest BCUT2D eigenvalue weighted by molar-refractivity contribution is 5.83. The molecule has 2 unspecified atom stereocenters. The first kappa shape index (κ1) is 9.89.